The second kappa shape index (κ2) is 5.66. The number of hydrogen-bond donors (Lipinski definition) is 2. The fourth-order valence-corrected chi connectivity index (χ4v) is 2.36. The van der Waals surface area contributed by atoms with Crippen molar-refractivity contribution in [3.05, 3.63) is 44.7 Å². The van der Waals surface area contributed by atoms with Gasteiger partial charge in [-0.05, 0) is 50.4 Å². The van der Waals surface area contributed by atoms with Gasteiger partial charge in [-0.2, -0.15) is 0 Å². The lowest BCUT2D eigenvalue weighted by Gasteiger charge is -2.08. The van der Waals surface area contributed by atoms with Crippen LogP contribution in [0.1, 0.15) is 15.9 Å². The molecule has 0 saturated carbocycles. The molecule has 0 aliphatic carbocycles. The summed E-state index contributed by atoms with van der Waals surface area (Å²) in [5, 5.41) is 12.4. The first-order valence-corrected chi connectivity index (χ1v) is 6.85. The first kappa shape index (κ1) is 14.0. The third kappa shape index (κ3) is 3.10. The Bertz CT molecular complexity index is 647. The van der Waals surface area contributed by atoms with Crippen molar-refractivity contribution in [2.45, 2.75) is 6.92 Å². The zero-order valence-electron chi connectivity index (χ0n) is 9.82. The molecule has 0 unspecified atom stereocenters. The fraction of sp³-hybridized carbons (Fsp3) is 0.0833. The standard InChI is InChI=1S/C12H9Br2N3O2/c1-6-3-2-4-7(9(6)18)12(19)17-11-10(14)16-8(13)5-15-11/h2-5,18H,1H3,(H,15,17,19). The molecule has 0 atom stereocenters. The van der Waals surface area contributed by atoms with E-state index in [9.17, 15) is 9.90 Å². The Labute approximate surface area is 126 Å². The Morgan fingerprint density at radius 2 is 2.11 bits per heavy atom. The number of aromatic nitrogens is 2. The van der Waals surface area contributed by atoms with Gasteiger partial charge in [0.15, 0.2) is 5.82 Å². The molecule has 0 saturated heterocycles. The van der Waals surface area contributed by atoms with Crippen molar-refractivity contribution in [3.8, 4) is 5.75 Å². The van der Waals surface area contributed by atoms with Crippen molar-refractivity contribution in [3.63, 3.8) is 0 Å². The summed E-state index contributed by atoms with van der Waals surface area (Å²) < 4.78 is 0.957. The average molecular weight is 387 g/mol. The second-order valence-electron chi connectivity index (χ2n) is 3.76. The monoisotopic (exact) mass is 385 g/mol. The molecule has 2 aromatic rings. The molecule has 0 aliphatic heterocycles. The number of carbonyl (C=O) groups is 1. The molecule has 0 fully saturated rings. The van der Waals surface area contributed by atoms with Crippen LogP contribution in [0.3, 0.4) is 0 Å². The topological polar surface area (TPSA) is 75.1 Å². The number of rotatable bonds is 2. The molecule has 5 nitrogen and oxygen atoms in total. The van der Waals surface area contributed by atoms with Crippen LogP contribution in [0.25, 0.3) is 0 Å². The van der Waals surface area contributed by atoms with Crippen LogP contribution in [-0.2, 0) is 0 Å². The highest BCUT2D eigenvalue weighted by Gasteiger charge is 2.15. The summed E-state index contributed by atoms with van der Waals surface area (Å²) in [6.45, 7) is 1.72. The summed E-state index contributed by atoms with van der Waals surface area (Å²) in [4.78, 5) is 20.1. The zero-order valence-corrected chi connectivity index (χ0v) is 13.0. The number of para-hydroxylation sites is 1. The van der Waals surface area contributed by atoms with Gasteiger partial charge in [-0.15, -0.1) is 0 Å². The van der Waals surface area contributed by atoms with Crippen LogP contribution in [0, 0.1) is 6.92 Å². The average Bonchev–Trinajstić information content (AvgIpc) is 2.36. The van der Waals surface area contributed by atoms with Gasteiger partial charge in [-0.25, -0.2) is 9.97 Å². The predicted molar refractivity (Wildman–Crippen MR) is 78.2 cm³/mol. The van der Waals surface area contributed by atoms with E-state index in [1.165, 1.54) is 12.3 Å². The molecular formula is C12H9Br2N3O2. The first-order valence-electron chi connectivity index (χ1n) is 5.27. The summed E-state index contributed by atoms with van der Waals surface area (Å²) in [6, 6.07) is 4.96. The number of phenols is 1. The van der Waals surface area contributed by atoms with E-state index in [1.54, 1.807) is 19.1 Å². The third-order valence-corrected chi connectivity index (χ3v) is 3.35. The quantitative estimate of drug-likeness (QED) is 0.830. The Kier molecular flexibility index (Phi) is 4.16. The van der Waals surface area contributed by atoms with Crippen LogP contribution in [0.2, 0.25) is 0 Å². The van der Waals surface area contributed by atoms with Gasteiger partial charge in [0.1, 0.15) is 15.0 Å². The van der Waals surface area contributed by atoms with Gasteiger partial charge in [0.2, 0.25) is 0 Å². The molecule has 0 bridgehead atoms. The van der Waals surface area contributed by atoms with Crippen molar-refractivity contribution >= 4 is 43.6 Å². The van der Waals surface area contributed by atoms with Crippen LogP contribution in [-0.4, -0.2) is 21.0 Å². The van der Waals surface area contributed by atoms with Crippen LogP contribution < -0.4 is 5.32 Å². The summed E-state index contributed by atoms with van der Waals surface area (Å²) in [5.74, 6) is -0.200. The molecule has 1 amide bonds. The Hall–Kier alpha value is -1.47. The summed E-state index contributed by atoms with van der Waals surface area (Å²) in [7, 11) is 0. The van der Waals surface area contributed by atoms with Crippen molar-refractivity contribution in [1.29, 1.82) is 0 Å². The van der Waals surface area contributed by atoms with Gasteiger partial charge in [0.25, 0.3) is 5.91 Å². The Morgan fingerprint density at radius 1 is 1.37 bits per heavy atom. The molecular weight excluding hydrogens is 378 g/mol. The van der Waals surface area contributed by atoms with Crippen molar-refractivity contribution in [2.75, 3.05) is 5.32 Å². The lowest BCUT2D eigenvalue weighted by molar-refractivity contribution is 0.102. The minimum atomic E-state index is -0.446. The minimum absolute atomic E-state index is 0.0406. The molecule has 1 aromatic carbocycles. The van der Waals surface area contributed by atoms with E-state index >= 15 is 0 Å². The highest BCUT2D eigenvalue weighted by molar-refractivity contribution is 9.11. The summed E-state index contributed by atoms with van der Waals surface area (Å²) >= 11 is 6.37. The molecule has 1 heterocycles. The number of halogens is 2. The van der Waals surface area contributed by atoms with E-state index < -0.39 is 5.91 Å². The highest BCUT2D eigenvalue weighted by Crippen LogP contribution is 2.24. The van der Waals surface area contributed by atoms with Crippen molar-refractivity contribution in [2.24, 2.45) is 0 Å². The van der Waals surface area contributed by atoms with Gasteiger partial charge in [-0.1, -0.05) is 12.1 Å². The molecule has 0 aliphatic rings. The van der Waals surface area contributed by atoms with Crippen LogP contribution in [0.4, 0.5) is 5.82 Å². The van der Waals surface area contributed by atoms with Crippen LogP contribution in [0.15, 0.2) is 33.6 Å². The van der Waals surface area contributed by atoms with Crippen LogP contribution >= 0.6 is 31.9 Å². The number of nitrogens with one attached hydrogen (secondary N) is 1. The van der Waals surface area contributed by atoms with E-state index in [0.717, 1.165) is 0 Å². The predicted octanol–water partition coefficient (Wildman–Crippen LogP) is 3.27. The van der Waals surface area contributed by atoms with Crippen molar-refractivity contribution < 1.29 is 9.90 Å². The lowest BCUT2D eigenvalue weighted by Crippen LogP contribution is -2.14. The molecule has 98 valence electrons. The number of anilines is 1. The normalized spacial score (nSPS) is 10.3. The van der Waals surface area contributed by atoms with Gasteiger partial charge in [-0.3, -0.25) is 4.79 Å². The maximum atomic E-state index is 12.1. The number of aromatic hydroxyl groups is 1. The number of benzene rings is 1. The third-order valence-electron chi connectivity index (χ3n) is 2.41. The SMILES string of the molecule is Cc1cccc(C(=O)Nc2ncc(Br)nc2Br)c1O. The van der Waals surface area contributed by atoms with E-state index in [-0.39, 0.29) is 17.1 Å². The lowest BCUT2D eigenvalue weighted by atomic mass is 10.1. The Morgan fingerprint density at radius 3 is 2.79 bits per heavy atom. The van der Waals surface area contributed by atoms with Crippen molar-refractivity contribution in [1.82, 2.24) is 9.97 Å². The molecule has 19 heavy (non-hydrogen) atoms. The number of nitrogens with zero attached hydrogens (tertiary/aromatic N) is 2. The number of amides is 1. The minimum Gasteiger partial charge on any atom is -0.507 e. The zero-order chi connectivity index (χ0) is 14.0. The van der Waals surface area contributed by atoms with E-state index in [2.05, 4.69) is 47.1 Å². The molecule has 0 radical (unpaired) electrons. The van der Waals surface area contributed by atoms with E-state index in [4.69, 9.17) is 0 Å². The molecule has 1 aromatic heterocycles. The maximum absolute atomic E-state index is 12.1. The molecule has 0 spiro atoms. The summed E-state index contributed by atoms with van der Waals surface area (Å²) in [5.41, 5.74) is 0.824. The van der Waals surface area contributed by atoms with E-state index in [1.807, 2.05) is 0 Å². The van der Waals surface area contributed by atoms with E-state index in [0.29, 0.717) is 14.8 Å². The largest absolute Gasteiger partial charge is 0.507 e. The number of phenolic OH excluding ortho intramolecular Hbond substituents is 1. The highest BCUT2D eigenvalue weighted by atomic mass is 79.9. The number of hydrogen-bond acceptors (Lipinski definition) is 4. The first-order chi connectivity index (χ1) is 8.99. The smallest absolute Gasteiger partial charge is 0.260 e. The Balaban J connectivity index is 2.28. The second-order valence-corrected chi connectivity index (χ2v) is 5.32. The number of carbonyl (C=O) groups excluding carboxylic acids is 1. The van der Waals surface area contributed by atoms with Gasteiger partial charge >= 0.3 is 0 Å². The van der Waals surface area contributed by atoms with Gasteiger partial charge in [0, 0.05) is 0 Å². The molecule has 2 rings (SSSR count). The van der Waals surface area contributed by atoms with Gasteiger partial charge in [0.05, 0.1) is 11.8 Å². The molecule has 2 N–H and O–H groups in total. The maximum Gasteiger partial charge on any atom is 0.260 e. The fourth-order valence-electron chi connectivity index (χ4n) is 1.45. The summed E-state index contributed by atoms with van der Waals surface area (Å²) in [6.07, 6.45) is 1.47. The molecule has 7 heteroatoms. The van der Waals surface area contributed by atoms with Gasteiger partial charge < -0.3 is 10.4 Å². The number of aryl methyl sites for hydroxylation is 1. The van der Waals surface area contributed by atoms with Crippen LogP contribution in [0.5, 0.6) is 5.75 Å².